The van der Waals surface area contributed by atoms with Crippen LogP contribution >= 0.6 is 11.3 Å². The maximum Gasteiger partial charge on any atom is 0.324 e. The number of amides is 2. The van der Waals surface area contributed by atoms with Gasteiger partial charge in [-0.2, -0.15) is 0 Å². The highest BCUT2D eigenvalue weighted by atomic mass is 32.1. The predicted molar refractivity (Wildman–Crippen MR) is 83.2 cm³/mol. The second-order valence-corrected chi connectivity index (χ2v) is 5.84. The average Bonchev–Trinajstić information content (AvgIpc) is 3.07. The van der Waals surface area contributed by atoms with Crippen molar-refractivity contribution in [2.45, 2.75) is 6.42 Å². The van der Waals surface area contributed by atoms with Gasteiger partial charge < -0.3 is 10.6 Å². The summed E-state index contributed by atoms with van der Waals surface area (Å²) in [6, 6.07) is 11.7. The predicted octanol–water partition coefficient (Wildman–Crippen LogP) is 2.82. The number of nitrogen functional groups attached to an aromatic ring is 1. The van der Waals surface area contributed by atoms with Gasteiger partial charge in [0.25, 0.3) is 0 Å². The fourth-order valence-corrected chi connectivity index (χ4v) is 3.15. The van der Waals surface area contributed by atoms with Gasteiger partial charge in [0, 0.05) is 24.5 Å². The molecule has 0 spiro atoms. The van der Waals surface area contributed by atoms with Crippen molar-refractivity contribution in [3.8, 4) is 0 Å². The molecular weight excluding hydrogens is 270 g/mol. The van der Waals surface area contributed by atoms with Crippen LogP contribution in [0.5, 0.6) is 0 Å². The Morgan fingerprint density at radius 1 is 1.15 bits per heavy atom. The van der Waals surface area contributed by atoms with Crippen molar-refractivity contribution >= 4 is 28.7 Å². The van der Waals surface area contributed by atoms with Gasteiger partial charge in [0.15, 0.2) is 0 Å². The van der Waals surface area contributed by atoms with Gasteiger partial charge >= 0.3 is 6.03 Å². The summed E-state index contributed by atoms with van der Waals surface area (Å²) in [6.07, 6.45) is 0.918. The summed E-state index contributed by atoms with van der Waals surface area (Å²) in [5, 5.41) is 2.07. The van der Waals surface area contributed by atoms with Gasteiger partial charge in [-0.1, -0.05) is 18.2 Å². The molecule has 2 heterocycles. The number of carbonyl (C=O) groups excluding carboxylic acids is 1. The molecule has 1 fully saturated rings. The molecule has 4 nitrogen and oxygen atoms in total. The molecule has 5 heteroatoms. The molecule has 0 unspecified atom stereocenters. The lowest BCUT2D eigenvalue weighted by Gasteiger charge is -2.19. The molecule has 2 aromatic rings. The van der Waals surface area contributed by atoms with Crippen LogP contribution in [0.25, 0.3) is 0 Å². The molecule has 0 aliphatic carbocycles. The summed E-state index contributed by atoms with van der Waals surface area (Å²) in [6.45, 7) is 2.23. The summed E-state index contributed by atoms with van der Waals surface area (Å²) in [7, 11) is 0. The van der Waals surface area contributed by atoms with E-state index in [2.05, 4.69) is 11.4 Å². The molecule has 1 aliphatic heterocycles. The van der Waals surface area contributed by atoms with Gasteiger partial charge in [0.1, 0.15) is 0 Å². The molecule has 1 aliphatic rings. The van der Waals surface area contributed by atoms with E-state index >= 15 is 0 Å². The van der Waals surface area contributed by atoms with E-state index in [1.54, 1.807) is 16.2 Å². The summed E-state index contributed by atoms with van der Waals surface area (Å²) in [4.78, 5) is 17.4. The zero-order chi connectivity index (χ0) is 13.9. The number of hydrogen-bond acceptors (Lipinski definition) is 3. The number of urea groups is 1. The standard InChI is InChI=1S/C15H17N3OS/c16-13-5-1-2-6-14(13)18-10-9-17(15(18)19)8-7-12-4-3-11-20-12/h1-6,11H,7-10,16H2. The first-order valence-corrected chi connectivity index (χ1v) is 7.57. The largest absolute Gasteiger partial charge is 0.397 e. The second kappa shape index (κ2) is 5.54. The van der Waals surface area contributed by atoms with Gasteiger partial charge in [-0.05, 0) is 30.0 Å². The first-order chi connectivity index (χ1) is 9.75. The van der Waals surface area contributed by atoms with Gasteiger partial charge in [-0.3, -0.25) is 4.90 Å². The molecule has 0 radical (unpaired) electrons. The molecule has 104 valence electrons. The zero-order valence-electron chi connectivity index (χ0n) is 11.2. The highest BCUT2D eigenvalue weighted by molar-refractivity contribution is 7.09. The minimum Gasteiger partial charge on any atom is -0.397 e. The van der Waals surface area contributed by atoms with E-state index < -0.39 is 0 Å². The van der Waals surface area contributed by atoms with Crippen LogP contribution in [0.15, 0.2) is 41.8 Å². The summed E-state index contributed by atoms with van der Waals surface area (Å²) in [5.74, 6) is 0. The van der Waals surface area contributed by atoms with E-state index in [-0.39, 0.29) is 6.03 Å². The van der Waals surface area contributed by atoms with E-state index in [1.807, 2.05) is 35.2 Å². The van der Waals surface area contributed by atoms with Crippen LogP contribution in [0.2, 0.25) is 0 Å². The molecule has 1 aromatic carbocycles. The van der Waals surface area contributed by atoms with E-state index in [9.17, 15) is 4.79 Å². The number of anilines is 2. The SMILES string of the molecule is Nc1ccccc1N1CCN(CCc2cccs2)C1=O. The van der Waals surface area contributed by atoms with E-state index in [4.69, 9.17) is 5.73 Å². The van der Waals surface area contributed by atoms with Crippen molar-refractivity contribution in [2.75, 3.05) is 30.3 Å². The Hall–Kier alpha value is -2.01. The van der Waals surface area contributed by atoms with E-state index in [0.717, 1.165) is 25.2 Å². The molecule has 20 heavy (non-hydrogen) atoms. The van der Waals surface area contributed by atoms with Crippen LogP contribution < -0.4 is 10.6 Å². The van der Waals surface area contributed by atoms with E-state index in [0.29, 0.717) is 12.2 Å². The van der Waals surface area contributed by atoms with Crippen LogP contribution in [-0.4, -0.2) is 30.6 Å². The Morgan fingerprint density at radius 3 is 2.75 bits per heavy atom. The summed E-state index contributed by atoms with van der Waals surface area (Å²) >= 11 is 1.74. The number of para-hydroxylation sites is 2. The summed E-state index contributed by atoms with van der Waals surface area (Å²) < 4.78 is 0. The molecule has 1 aromatic heterocycles. The van der Waals surface area contributed by atoms with Crippen LogP contribution in [0.4, 0.5) is 16.2 Å². The molecule has 0 atom stereocenters. The molecule has 2 amide bonds. The van der Waals surface area contributed by atoms with Crippen molar-refractivity contribution in [3.63, 3.8) is 0 Å². The normalized spacial score (nSPS) is 15.1. The zero-order valence-corrected chi connectivity index (χ0v) is 12.0. The lowest BCUT2D eigenvalue weighted by atomic mass is 10.2. The lowest BCUT2D eigenvalue weighted by molar-refractivity contribution is 0.221. The third-order valence-electron chi connectivity index (χ3n) is 3.53. The fourth-order valence-electron chi connectivity index (χ4n) is 2.45. The van der Waals surface area contributed by atoms with E-state index in [1.165, 1.54) is 4.88 Å². The third-order valence-corrected chi connectivity index (χ3v) is 4.47. The summed E-state index contributed by atoms with van der Waals surface area (Å²) in [5.41, 5.74) is 7.42. The number of hydrogen-bond donors (Lipinski definition) is 1. The number of carbonyl (C=O) groups is 1. The van der Waals surface area contributed by atoms with Gasteiger partial charge in [0.05, 0.1) is 11.4 Å². The van der Waals surface area contributed by atoms with Crippen LogP contribution in [0, 0.1) is 0 Å². The Balaban J connectivity index is 1.67. The molecule has 0 bridgehead atoms. The van der Waals surface area contributed by atoms with Crippen molar-refractivity contribution in [1.82, 2.24) is 4.90 Å². The second-order valence-electron chi connectivity index (χ2n) is 4.81. The Labute approximate surface area is 122 Å². The van der Waals surface area contributed by atoms with Crippen LogP contribution in [0.3, 0.4) is 0 Å². The maximum atomic E-state index is 12.4. The molecular formula is C15H17N3OS. The number of nitrogens with zero attached hydrogens (tertiary/aromatic N) is 2. The quantitative estimate of drug-likeness (QED) is 0.879. The third kappa shape index (κ3) is 2.49. The number of thiophene rings is 1. The van der Waals surface area contributed by atoms with Crippen LogP contribution in [0.1, 0.15) is 4.88 Å². The smallest absolute Gasteiger partial charge is 0.324 e. The Kier molecular flexibility index (Phi) is 3.60. The maximum absolute atomic E-state index is 12.4. The first kappa shape index (κ1) is 13.0. The molecule has 1 saturated heterocycles. The molecule has 0 saturated carbocycles. The van der Waals surface area contributed by atoms with Crippen molar-refractivity contribution in [3.05, 3.63) is 46.7 Å². The monoisotopic (exact) mass is 287 g/mol. The topological polar surface area (TPSA) is 49.6 Å². The number of benzene rings is 1. The van der Waals surface area contributed by atoms with Crippen molar-refractivity contribution in [2.24, 2.45) is 0 Å². The Morgan fingerprint density at radius 2 is 2.00 bits per heavy atom. The number of rotatable bonds is 4. The minimum absolute atomic E-state index is 0.0551. The van der Waals surface area contributed by atoms with Crippen molar-refractivity contribution in [1.29, 1.82) is 0 Å². The van der Waals surface area contributed by atoms with Gasteiger partial charge in [-0.25, -0.2) is 4.79 Å². The van der Waals surface area contributed by atoms with Crippen LogP contribution in [-0.2, 0) is 6.42 Å². The lowest BCUT2D eigenvalue weighted by Crippen LogP contribution is -2.33. The van der Waals surface area contributed by atoms with Gasteiger partial charge in [-0.15, -0.1) is 11.3 Å². The van der Waals surface area contributed by atoms with Crippen molar-refractivity contribution < 1.29 is 4.79 Å². The molecule has 3 rings (SSSR count). The highest BCUT2D eigenvalue weighted by Gasteiger charge is 2.30. The first-order valence-electron chi connectivity index (χ1n) is 6.69. The average molecular weight is 287 g/mol. The fraction of sp³-hybridized carbons (Fsp3) is 0.267. The Bertz CT molecular complexity index is 597. The highest BCUT2D eigenvalue weighted by Crippen LogP contribution is 2.26. The van der Waals surface area contributed by atoms with Gasteiger partial charge in [0.2, 0.25) is 0 Å². The minimum atomic E-state index is 0.0551. The molecule has 2 N–H and O–H groups in total. The number of nitrogens with two attached hydrogens (primary N) is 1.